The molecule has 1 fully saturated rings. The second-order valence-corrected chi connectivity index (χ2v) is 4.78. The van der Waals surface area contributed by atoms with E-state index in [1.807, 2.05) is 0 Å². The van der Waals surface area contributed by atoms with Gasteiger partial charge in [0.25, 0.3) is 0 Å². The maximum atomic E-state index is 13.3. The predicted octanol–water partition coefficient (Wildman–Crippen LogP) is 3.30. The number of nitrogens with zero attached hydrogens (tertiary/aromatic N) is 1. The Morgan fingerprint density at radius 3 is 2.53 bits per heavy atom. The average molecular weight is 263 g/mol. The molecule has 1 aromatic rings. The van der Waals surface area contributed by atoms with E-state index in [2.05, 4.69) is 4.90 Å². The maximum Gasteiger partial charge on any atom is 0.328 e. The molecule has 1 saturated heterocycles. The summed E-state index contributed by atoms with van der Waals surface area (Å²) in [6.45, 7) is 1.89. The Balaban J connectivity index is 2.29. The van der Waals surface area contributed by atoms with E-state index < -0.39 is 5.97 Å². The van der Waals surface area contributed by atoms with Crippen LogP contribution in [0.1, 0.15) is 31.2 Å². The molecule has 19 heavy (non-hydrogen) atoms. The zero-order chi connectivity index (χ0) is 13.7. The van der Waals surface area contributed by atoms with Gasteiger partial charge in [0.05, 0.1) is 0 Å². The Hall–Kier alpha value is -1.84. The van der Waals surface area contributed by atoms with Crippen molar-refractivity contribution in [2.75, 3.05) is 18.0 Å². The summed E-state index contributed by atoms with van der Waals surface area (Å²) in [5, 5.41) is 8.70. The van der Waals surface area contributed by atoms with E-state index in [1.165, 1.54) is 31.1 Å². The van der Waals surface area contributed by atoms with Gasteiger partial charge in [-0.2, -0.15) is 0 Å². The van der Waals surface area contributed by atoms with Crippen molar-refractivity contribution in [3.8, 4) is 0 Å². The molecular weight excluding hydrogens is 245 g/mol. The standard InChI is InChI=1S/C15H18FNO2/c16-13-6-7-14(12(11-13)5-8-15(18)19)17-9-3-1-2-4-10-17/h5-8,11H,1-4,9-10H2,(H,18,19)/b8-5+. The third-order valence-electron chi connectivity index (χ3n) is 3.34. The molecule has 1 N–H and O–H groups in total. The van der Waals surface area contributed by atoms with E-state index in [0.29, 0.717) is 5.56 Å². The lowest BCUT2D eigenvalue weighted by Crippen LogP contribution is -2.24. The maximum absolute atomic E-state index is 13.3. The lowest BCUT2D eigenvalue weighted by molar-refractivity contribution is -0.131. The van der Waals surface area contributed by atoms with Gasteiger partial charge in [0.1, 0.15) is 5.82 Å². The molecule has 0 spiro atoms. The molecule has 0 bridgehead atoms. The molecule has 2 rings (SSSR count). The summed E-state index contributed by atoms with van der Waals surface area (Å²) >= 11 is 0. The summed E-state index contributed by atoms with van der Waals surface area (Å²) in [6, 6.07) is 4.56. The van der Waals surface area contributed by atoms with Crippen molar-refractivity contribution in [1.82, 2.24) is 0 Å². The molecule has 1 aliphatic heterocycles. The topological polar surface area (TPSA) is 40.5 Å². The number of benzene rings is 1. The van der Waals surface area contributed by atoms with Gasteiger partial charge in [-0.1, -0.05) is 12.8 Å². The highest BCUT2D eigenvalue weighted by atomic mass is 19.1. The van der Waals surface area contributed by atoms with Crippen molar-refractivity contribution in [3.05, 3.63) is 35.7 Å². The van der Waals surface area contributed by atoms with Crippen molar-refractivity contribution in [1.29, 1.82) is 0 Å². The van der Waals surface area contributed by atoms with Crippen LogP contribution in [0.15, 0.2) is 24.3 Å². The number of hydrogen-bond donors (Lipinski definition) is 1. The van der Waals surface area contributed by atoms with Crippen molar-refractivity contribution >= 4 is 17.7 Å². The Kier molecular flexibility index (Phi) is 4.55. The fourth-order valence-electron chi connectivity index (χ4n) is 2.42. The van der Waals surface area contributed by atoms with E-state index in [0.717, 1.165) is 37.7 Å². The molecule has 0 aliphatic carbocycles. The number of rotatable bonds is 3. The van der Waals surface area contributed by atoms with Gasteiger partial charge in [-0.25, -0.2) is 9.18 Å². The first-order valence-electron chi connectivity index (χ1n) is 6.62. The average Bonchev–Trinajstić information content (AvgIpc) is 2.65. The highest BCUT2D eigenvalue weighted by molar-refractivity contribution is 5.87. The van der Waals surface area contributed by atoms with Gasteiger partial charge in [0.2, 0.25) is 0 Å². The first-order valence-corrected chi connectivity index (χ1v) is 6.62. The smallest absolute Gasteiger partial charge is 0.328 e. The minimum Gasteiger partial charge on any atom is -0.478 e. The summed E-state index contributed by atoms with van der Waals surface area (Å²) in [6.07, 6.45) is 7.21. The number of anilines is 1. The van der Waals surface area contributed by atoms with E-state index in [1.54, 1.807) is 6.07 Å². The molecular formula is C15H18FNO2. The van der Waals surface area contributed by atoms with Crippen LogP contribution in [0.4, 0.5) is 10.1 Å². The van der Waals surface area contributed by atoms with E-state index in [-0.39, 0.29) is 5.82 Å². The van der Waals surface area contributed by atoms with Gasteiger partial charge < -0.3 is 10.0 Å². The lowest BCUT2D eigenvalue weighted by Gasteiger charge is -2.24. The molecule has 0 atom stereocenters. The van der Waals surface area contributed by atoms with Gasteiger partial charge in [0.15, 0.2) is 0 Å². The fourth-order valence-corrected chi connectivity index (χ4v) is 2.42. The SMILES string of the molecule is O=C(O)/C=C/c1cc(F)ccc1N1CCCCCC1. The highest BCUT2D eigenvalue weighted by Crippen LogP contribution is 2.25. The number of halogens is 1. The number of hydrogen-bond acceptors (Lipinski definition) is 2. The predicted molar refractivity (Wildman–Crippen MR) is 73.8 cm³/mol. The number of aliphatic carboxylic acids is 1. The molecule has 0 aromatic heterocycles. The molecule has 1 heterocycles. The number of carbonyl (C=O) groups is 1. The quantitative estimate of drug-likeness (QED) is 0.851. The van der Waals surface area contributed by atoms with Gasteiger partial charge >= 0.3 is 5.97 Å². The van der Waals surface area contributed by atoms with Gasteiger partial charge in [-0.05, 0) is 37.1 Å². The first-order chi connectivity index (χ1) is 9.16. The second-order valence-electron chi connectivity index (χ2n) is 4.78. The summed E-state index contributed by atoms with van der Waals surface area (Å²) < 4.78 is 13.3. The van der Waals surface area contributed by atoms with Crippen LogP contribution in [-0.2, 0) is 4.79 Å². The van der Waals surface area contributed by atoms with Crippen LogP contribution < -0.4 is 4.90 Å². The molecule has 3 nitrogen and oxygen atoms in total. The van der Waals surface area contributed by atoms with E-state index >= 15 is 0 Å². The van der Waals surface area contributed by atoms with Crippen molar-refractivity contribution in [3.63, 3.8) is 0 Å². The van der Waals surface area contributed by atoms with Crippen LogP contribution in [0.3, 0.4) is 0 Å². The summed E-state index contributed by atoms with van der Waals surface area (Å²) in [5.41, 5.74) is 1.55. The fraction of sp³-hybridized carbons (Fsp3) is 0.400. The molecule has 1 aliphatic rings. The van der Waals surface area contributed by atoms with Gasteiger partial charge in [-0.15, -0.1) is 0 Å². The zero-order valence-corrected chi connectivity index (χ0v) is 10.8. The summed E-state index contributed by atoms with van der Waals surface area (Å²) in [5.74, 6) is -1.37. The lowest BCUT2D eigenvalue weighted by atomic mass is 10.1. The third kappa shape index (κ3) is 3.81. The van der Waals surface area contributed by atoms with Crippen molar-refractivity contribution < 1.29 is 14.3 Å². The minimum absolute atomic E-state index is 0.344. The van der Waals surface area contributed by atoms with E-state index in [4.69, 9.17) is 5.11 Å². The monoisotopic (exact) mass is 263 g/mol. The van der Waals surface area contributed by atoms with Crippen molar-refractivity contribution in [2.45, 2.75) is 25.7 Å². The Morgan fingerprint density at radius 1 is 1.21 bits per heavy atom. The Labute approximate surface area is 112 Å². The molecule has 102 valence electrons. The molecule has 0 amide bonds. The Bertz CT molecular complexity index is 477. The number of carboxylic acid groups (broad SMARTS) is 1. The largest absolute Gasteiger partial charge is 0.478 e. The number of carboxylic acids is 1. The highest BCUT2D eigenvalue weighted by Gasteiger charge is 2.13. The van der Waals surface area contributed by atoms with Crippen LogP contribution in [-0.4, -0.2) is 24.2 Å². The minimum atomic E-state index is -1.02. The first kappa shape index (κ1) is 13.6. The van der Waals surface area contributed by atoms with Crippen LogP contribution in [0.25, 0.3) is 6.08 Å². The summed E-state index contributed by atoms with van der Waals surface area (Å²) in [4.78, 5) is 12.8. The second kappa shape index (κ2) is 6.36. The van der Waals surface area contributed by atoms with Gasteiger partial charge in [0, 0.05) is 30.4 Å². The molecule has 0 radical (unpaired) electrons. The van der Waals surface area contributed by atoms with Crippen LogP contribution in [0.2, 0.25) is 0 Å². The molecule has 0 saturated carbocycles. The van der Waals surface area contributed by atoms with E-state index in [9.17, 15) is 9.18 Å². The third-order valence-corrected chi connectivity index (χ3v) is 3.34. The summed E-state index contributed by atoms with van der Waals surface area (Å²) in [7, 11) is 0. The van der Waals surface area contributed by atoms with Crippen LogP contribution >= 0.6 is 0 Å². The van der Waals surface area contributed by atoms with Crippen molar-refractivity contribution in [2.24, 2.45) is 0 Å². The molecule has 4 heteroatoms. The van der Waals surface area contributed by atoms with Gasteiger partial charge in [-0.3, -0.25) is 0 Å². The molecule has 1 aromatic carbocycles. The normalized spacial score (nSPS) is 16.6. The van der Waals surface area contributed by atoms with Crippen LogP contribution in [0.5, 0.6) is 0 Å². The Morgan fingerprint density at radius 2 is 1.89 bits per heavy atom. The molecule has 0 unspecified atom stereocenters. The zero-order valence-electron chi connectivity index (χ0n) is 10.8. The van der Waals surface area contributed by atoms with Crippen LogP contribution in [0, 0.1) is 5.82 Å².